The van der Waals surface area contributed by atoms with Gasteiger partial charge < -0.3 is 4.74 Å². The van der Waals surface area contributed by atoms with Gasteiger partial charge in [0.25, 0.3) is 0 Å². The third kappa shape index (κ3) is 7.05. The number of nitrogens with two attached hydrogens (primary N) is 1. The summed E-state index contributed by atoms with van der Waals surface area (Å²) in [7, 11) is 0. The Balaban J connectivity index is 4.69. The van der Waals surface area contributed by atoms with Crippen molar-refractivity contribution < 1.29 is 19.2 Å². The Morgan fingerprint density at radius 1 is 1.06 bits per heavy atom. The molecule has 0 saturated heterocycles. The second-order valence-electron chi connectivity index (χ2n) is 5.57. The zero-order valence-electron chi connectivity index (χ0n) is 11.7. The molecule has 0 spiro atoms. The Morgan fingerprint density at radius 2 is 1.56 bits per heavy atom. The molecule has 0 rings (SSSR count). The maximum Gasteiger partial charge on any atom is 0.435 e. The van der Waals surface area contributed by atoms with Gasteiger partial charge in [0.1, 0.15) is 5.60 Å². The molecule has 0 aliphatic rings. The molecule has 8 heteroatoms. The van der Waals surface area contributed by atoms with E-state index in [4.69, 9.17) is 15.4 Å². The van der Waals surface area contributed by atoms with E-state index in [-0.39, 0.29) is 0 Å². The normalized spacial score (nSPS) is 11.9. The highest BCUT2D eigenvalue weighted by atomic mass is 16.7. The smallest absolute Gasteiger partial charge is 0.435 e. The van der Waals surface area contributed by atoms with Crippen molar-refractivity contribution in [2.45, 2.75) is 52.7 Å². The van der Waals surface area contributed by atoms with E-state index in [1.165, 1.54) is 0 Å². The molecular weight excluding hydrogens is 240 g/mol. The van der Waals surface area contributed by atoms with Crippen LogP contribution in [0.2, 0.25) is 0 Å². The fourth-order valence-electron chi connectivity index (χ4n) is 0.716. The van der Waals surface area contributed by atoms with Crippen molar-refractivity contribution in [3.8, 4) is 0 Å². The molecule has 18 heavy (non-hydrogen) atoms. The number of hydrogen-bond acceptors (Lipinski definition) is 6. The van der Waals surface area contributed by atoms with Gasteiger partial charge in [0, 0.05) is 0 Å². The fourth-order valence-corrected chi connectivity index (χ4v) is 0.716. The summed E-state index contributed by atoms with van der Waals surface area (Å²) in [6.07, 6.45) is -0.922. The number of carbonyl (C=O) groups excluding carboxylic acids is 2. The molecule has 0 fully saturated rings. The second-order valence-corrected chi connectivity index (χ2v) is 5.57. The molecule has 3 amide bonds. The van der Waals surface area contributed by atoms with Gasteiger partial charge in [-0.2, -0.15) is 0 Å². The number of amides is 3. The van der Waals surface area contributed by atoms with Crippen molar-refractivity contribution in [1.29, 1.82) is 0 Å². The molecule has 0 aliphatic heterocycles. The number of urea groups is 1. The molecule has 0 bridgehead atoms. The largest absolute Gasteiger partial charge is 0.442 e. The Kier molecular flexibility index (Phi) is 5.53. The first-order valence-corrected chi connectivity index (χ1v) is 5.43. The van der Waals surface area contributed by atoms with Gasteiger partial charge >= 0.3 is 12.1 Å². The topological polar surface area (TPSA) is 106 Å². The summed E-state index contributed by atoms with van der Waals surface area (Å²) in [6, 6.07) is -0.895. The van der Waals surface area contributed by atoms with Crippen molar-refractivity contribution in [3.05, 3.63) is 0 Å². The lowest BCUT2D eigenvalue weighted by molar-refractivity contribution is -0.135. The van der Waals surface area contributed by atoms with Crippen LogP contribution >= 0.6 is 0 Å². The number of nitrogens with zero attached hydrogens (tertiary/aromatic N) is 1. The molecule has 106 valence electrons. The standard InChI is InChI=1S/C10H22N4O4/c1-9(2,3)17-8(16)14(7(15)12-11)13-18-10(4,5)6/h13H,11H2,1-6H3,(H,12,15). The van der Waals surface area contributed by atoms with Crippen molar-refractivity contribution in [3.63, 3.8) is 0 Å². The molecule has 0 aromatic rings. The maximum absolute atomic E-state index is 11.7. The monoisotopic (exact) mass is 262 g/mol. The molecule has 0 heterocycles. The van der Waals surface area contributed by atoms with Crippen LogP contribution in [-0.4, -0.2) is 28.3 Å². The molecular formula is C10H22N4O4. The van der Waals surface area contributed by atoms with E-state index in [1.807, 2.05) is 5.43 Å². The Labute approximate surface area is 107 Å². The minimum absolute atomic E-state index is 0.510. The molecule has 0 aromatic carbocycles. The Hall–Kier alpha value is -1.38. The van der Waals surface area contributed by atoms with Crippen LogP contribution < -0.4 is 16.9 Å². The van der Waals surface area contributed by atoms with E-state index < -0.39 is 23.3 Å². The molecule has 4 N–H and O–H groups in total. The number of hydrazine groups is 2. The van der Waals surface area contributed by atoms with E-state index in [9.17, 15) is 9.59 Å². The summed E-state index contributed by atoms with van der Waals surface area (Å²) >= 11 is 0. The second kappa shape index (κ2) is 5.98. The molecule has 0 saturated carbocycles. The van der Waals surface area contributed by atoms with Crippen LogP contribution in [0.5, 0.6) is 0 Å². The van der Waals surface area contributed by atoms with Gasteiger partial charge in [0.15, 0.2) is 0 Å². The van der Waals surface area contributed by atoms with Gasteiger partial charge in [-0.05, 0) is 41.5 Å². The van der Waals surface area contributed by atoms with E-state index in [0.29, 0.717) is 5.01 Å². The first-order chi connectivity index (χ1) is 7.96. The summed E-state index contributed by atoms with van der Waals surface area (Å²) in [6.45, 7) is 10.3. The maximum atomic E-state index is 11.7. The summed E-state index contributed by atoms with van der Waals surface area (Å²) in [5, 5.41) is 0.510. The quantitative estimate of drug-likeness (QED) is 0.390. The number of imide groups is 1. The third-order valence-electron chi connectivity index (χ3n) is 1.35. The average Bonchev–Trinajstić information content (AvgIpc) is 2.12. The highest BCUT2D eigenvalue weighted by molar-refractivity contribution is 5.89. The molecule has 0 atom stereocenters. The lowest BCUT2D eigenvalue weighted by atomic mass is 10.2. The zero-order chi connectivity index (χ0) is 14.6. The van der Waals surface area contributed by atoms with E-state index in [2.05, 4.69) is 5.59 Å². The lowest BCUT2D eigenvalue weighted by Crippen LogP contribution is -2.56. The fraction of sp³-hybridized carbons (Fsp3) is 0.800. The molecule has 0 unspecified atom stereocenters. The number of rotatable bonds is 2. The minimum Gasteiger partial charge on any atom is -0.442 e. The minimum atomic E-state index is -0.922. The summed E-state index contributed by atoms with van der Waals surface area (Å²) in [4.78, 5) is 28.2. The van der Waals surface area contributed by atoms with Gasteiger partial charge in [-0.25, -0.2) is 15.4 Å². The van der Waals surface area contributed by atoms with E-state index >= 15 is 0 Å². The van der Waals surface area contributed by atoms with Gasteiger partial charge in [-0.1, -0.05) is 5.59 Å². The SMILES string of the molecule is CC(C)(C)ONN(C(=O)NN)C(=O)OC(C)(C)C. The van der Waals surface area contributed by atoms with Gasteiger partial charge in [-0.15, -0.1) is 5.01 Å². The summed E-state index contributed by atoms with van der Waals surface area (Å²) in [5.41, 5.74) is 2.67. The predicted molar refractivity (Wildman–Crippen MR) is 64.8 cm³/mol. The highest BCUT2D eigenvalue weighted by Crippen LogP contribution is 2.10. The predicted octanol–water partition coefficient (Wildman–Crippen LogP) is 1.04. The van der Waals surface area contributed by atoms with Crippen LogP contribution in [0.3, 0.4) is 0 Å². The van der Waals surface area contributed by atoms with Crippen molar-refractivity contribution in [1.82, 2.24) is 16.0 Å². The van der Waals surface area contributed by atoms with Crippen molar-refractivity contribution in [2.75, 3.05) is 0 Å². The number of hydrogen-bond donors (Lipinski definition) is 3. The first kappa shape index (κ1) is 16.6. The van der Waals surface area contributed by atoms with Gasteiger partial charge in [0.2, 0.25) is 0 Å². The Bertz CT molecular complexity index is 306. The van der Waals surface area contributed by atoms with Crippen LogP contribution in [0.4, 0.5) is 9.59 Å². The lowest BCUT2D eigenvalue weighted by Gasteiger charge is -2.28. The van der Waals surface area contributed by atoms with Crippen LogP contribution in [0.15, 0.2) is 0 Å². The van der Waals surface area contributed by atoms with Crippen molar-refractivity contribution >= 4 is 12.1 Å². The molecule has 8 nitrogen and oxygen atoms in total. The molecule has 0 aliphatic carbocycles. The van der Waals surface area contributed by atoms with Crippen LogP contribution in [-0.2, 0) is 9.57 Å². The van der Waals surface area contributed by atoms with Crippen molar-refractivity contribution in [2.24, 2.45) is 5.84 Å². The van der Waals surface area contributed by atoms with E-state index in [1.54, 1.807) is 41.5 Å². The number of ether oxygens (including phenoxy) is 1. The Morgan fingerprint density at radius 3 is 1.89 bits per heavy atom. The molecule has 0 aromatic heterocycles. The number of nitrogens with one attached hydrogen (secondary N) is 2. The molecule has 0 radical (unpaired) electrons. The van der Waals surface area contributed by atoms with Crippen LogP contribution in [0.25, 0.3) is 0 Å². The zero-order valence-corrected chi connectivity index (χ0v) is 11.7. The van der Waals surface area contributed by atoms with Crippen LogP contribution in [0.1, 0.15) is 41.5 Å². The third-order valence-corrected chi connectivity index (χ3v) is 1.35. The van der Waals surface area contributed by atoms with Gasteiger partial charge in [0.05, 0.1) is 5.60 Å². The first-order valence-electron chi connectivity index (χ1n) is 5.43. The van der Waals surface area contributed by atoms with Gasteiger partial charge in [-0.3, -0.25) is 10.3 Å². The average molecular weight is 262 g/mol. The summed E-state index contributed by atoms with van der Waals surface area (Å²) in [5.74, 6) is 4.97. The highest BCUT2D eigenvalue weighted by Gasteiger charge is 2.28. The summed E-state index contributed by atoms with van der Waals surface area (Å²) < 4.78 is 5.02. The van der Waals surface area contributed by atoms with E-state index in [0.717, 1.165) is 0 Å². The van der Waals surface area contributed by atoms with Crippen LogP contribution in [0, 0.1) is 0 Å². The number of carbonyl (C=O) groups is 2.